The molecule has 0 spiro atoms. The van der Waals surface area contributed by atoms with Gasteiger partial charge in [0, 0.05) is 6.54 Å². The van der Waals surface area contributed by atoms with Gasteiger partial charge in [-0.05, 0) is 78.7 Å². The summed E-state index contributed by atoms with van der Waals surface area (Å²) in [6.45, 7) is 2.47. The van der Waals surface area contributed by atoms with Gasteiger partial charge in [-0.25, -0.2) is 17.5 Å². The molecule has 0 heterocycles. The summed E-state index contributed by atoms with van der Waals surface area (Å²) >= 11 is 0. The Kier molecular flexibility index (Phi) is 6.59. The van der Waals surface area contributed by atoms with Gasteiger partial charge in [-0.1, -0.05) is 56.2 Å². The monoisotopic (exact) mass is 429 g/mol. The van der Waals surface area contributed by atoms with Crippen molar-refractivity contribution in [3.8, 4) is 0 Å². The Morgan fingerprint density at radius 2 is 1.90 bits per heavy atom. The van der Waals surface area contributed by atoms with E-state index in [1.165, 1.54) is 11.1 Å². The van der Waals surface area contributed by atoms with E-state index in [4.69, 9.17) is 0 Å². The van der Waals surface area contributed by atoms with Gasteiger partial charge in [0.2, 0.25) is 10.0 Å². The average Bonchev–Trinajstić information content (AvgIpc) is 2.97. The summed E-state index contributed by atoms with van der Waals surface area (Å²) in [5.74, 6) is 0.734. The number of fused-ring (bicyclic) bond motifs is 1. The molecule has 1 N–H and O–H groups in total. The van der Waals surface area contributed by atoms with E-state index in [1.807, 2.05) is 12.1 Å². The van der Waals surface area contributed by atoms with Gasteiger partial charge >= 0.3 is 0 Å². The molecule has 0 aromatic heterocycles. The third kappa shape index (κ3) is 4.62. The van der Waals surface area contributed by atoms with Crippen molar-refractivity contribution >= 4 is 10.0 Å². The summed E-state index contributed by atoms with van der Waals surface area (Å²) in [4.78, 5) is 0. The fraction of sp³-hybridized carbons (Fsp3) is 0.520. The third-order valence-corrected chi connectivity index (χ3v) is 8.86. The molecule has 2 aliphatic carbocycles. The topological polar surface area (TPSA) is 46.2 Å². The molecule has 1 saturated carbocycles. The molecule has 0 saturated heterocycles. The van der Waals surface area contributed by atoms with Crippen LogP contribution in [0.1, 0.15) is 67.2 Å². The fourth-order valence-corrected chi connectivity index (χ4v) is 6.59. The molecule has 0 aliphatic heterocycles. The zero-order valence-electron chi connectivity index (χ0n) is 17.7. The average molecular weight is 430 g/mol. The molecule has 30 heavy (non-hydrogen) atoms. The first-order chi connectivity index (χ1) is 14.5. The molecule has 2 atom stereocenters. The van der Waals surface area contributed by atoms with E-state index in [9.17, 15) is 12.8 Å². The summed E-state index contributed by atoms with van der Waals surface area (Å²) in [5, 5.41) is -0.257. The lowest BCUT2D eigenvalue weighted by Gasteiger charge is -2.25. The van der Waals surface area contributed by atoms with Crippen LogP contribution in [-0.2, 0) is 29.3 Å². The second-order valence-corrected chi connectivity index (χ2v) is 11.0. The summed E-state index contributed by atoms with van der Waals surface area (Å²) in [5.41, 5.74) is 4.33. The van der Waals surface area contributed by atoms with Crippen LogP contribution in [0.25, 0.3) is 0 Å². The number of hydrogen-bond donors (Lipinski definition) is 1. The van der Waals surface area contributed by atoms with Gasteiger partial charge in [-0.15, -0.1) is 0 Å². The number of halogens is 1. The van der Waals surface area contributed by atoms with Crippen molar-refractivity contribution in [2.75, 3.05) is 6.54 Å². The van der Waals surface area contributed by atoms with Crippen molar-refractivity contribution in [2.45, 2.75) is 69.5 Å². The zero-order chi connectivity index (χ0) is 21.1. The van der Waals surface area contributed by atoms with Crippen LogP contribution >= 0.6 is 0 Å². The second-order valence-electron chi connectivity index (χ2n) is 8.93. The van der Waals surface area contributed by atoms with E-state index in [0.717, 1.165) is 50.5 Å². The van der Waals surface area contributed by atoms with Crippen LogP contribution in [-0.4, -0.2) is 20.2 Å². The van der Waals surface area contributed by atoms with Crippen molar-refractivity contribution < 1.29 is 12.8 Å². The fourth-order valence-electron chi connectivity index (χ4n) is 5.02. The lowest BCUT2D eigenvalue weighted by molar-refractivity contribution is 0.418. The maximum atomic E-state index is 14.8. The molecule has 2 unspecified atom stereocenters. The van der Waals surface area contributed by atoms with Gasteiger partial charge in [0.05, 0.1) is 5.25 Å². The quantitative estimate of drug-likeness (QED) is 0.600. The Bertz CT molecular complexity index is 970. The highest BCUT2D eigenvalue weighted by atomic mass is 32.2. The SMILES string of the molecule is CCCC1Cc2cc(F)c(CCNS(=O)(=O)C3CCC3)cc2C1Cc1ccccc1. The molecule has 5 heteroatoms. The van der Waals surface area contributed by atoms with Crippen LogP contribution in [0.4, 0.5) is 4.39 Å². The largest absolute Gasteiger partial charge is 0.215 e. The summed E-state index contributed by atoms with van der Waals surface area (Å²) < 4.78 is 42.0. The molecular weight excluding hydrogens is 397 g/mol. The highest BCUT2D eigenvalue weighted by Gasteiger charge is 2.33. The Hall–Kier alpha value is -1.72. The van der Waals surface area contributed by atoms with E-state index < -0.39 is 10.0 Å². The Morgan fingerprint density at radius 1 is 1.13 bits per heavy atom. The minimum absolute atomic E-state index is 0.202. The van der Waals surface area contributed by atoms with Crippen molar-refractivity contribution in [2.24, 2.45) is 5.92 Å². The lowest BCUT2D eigenvalue weighted by atomic mass is 9.84. The standard InChI is InChI=1S/C25H32FNO2S/c1-2-7-19-15-21-17-25(26)20(12-13-27-30(28,29)22-10-6-11-22)16-24(21)23(19)14-18-8-4-3-5-9-18/h3-5,8-9,16-17,19,22-23,27H,2,6-7,10-15H2,1H3. The lowest BCUT2D eigenvalue weighted by Crippen LogP contribution is -2.39. The van der Waals surface area contributed by atoms with Gasteiger partial charge in [0.25, 0.3) is 0 Å². The number of rotatable bonds is 9. The second kappa shape index (κ2) is 9.19. The van der Waals surface area contributed by atoms with Crippen LogP contribution in [0.3, 0.4) is 0 Å². The predicted molar refractivity (Wildman–Crippen MR) is 120 cm³/mol. The highest BCUT2D eigenvalue weighted by Crippen LogP contribution is 2.43. The van der Waals surface area contributed by atoms with E-state index in [2.05, 4.69) is 35.9 Å². The first-order valence-corrected chi connectivity index (χ1v) is 12.9. The summed E-state index contributed by atoms with van der Waals surface area (Å²) in [6, 6.07) is 14.2. The minimum Gasteiger partial charge on any atom is -0.215 e. The van der Waals surface area contributed by atoms with Crippen LogP contribution in [0.5, 0.6) is 0 Å². The number of benzene rings is 2. The van der Waals surface area contributed by atoms with Crippen LogP contribution < -0.4 is 4.72 Å². The smallest absolute Gasteiger partial charge is 0.214 e. The zero-order valence-corrected chi connectivity index (χ0v) is 18.6. The minimum atomic E-state index is -3.26. The Morgan fingerprint density at radius 3 is 2.57 bits per heavy atom. The van der Waals surface area contributed by atoms with Crippen LogP contribution in [0.15, 0.2) is 42.5 Å². The third-order valence-electron chi connectivity index (χ3n) is 6.91. The number of sulfonamides is 1. The van der Waals surface area contributed by atoms with Crippen LogP contribution in [0, 0.1) is 11.7 Å². The van der Waals surface area contributed by atoms with E-state index in [-0.39, 0.29) is 17.6 Å². The van der Waals surface area contributed by atoms with Gasteiger partial charge < -0.3 is 0 Å². The van der Waals surface area contributed by atoms with Gasteiger partial charge in [0.15, 0.2) is 0 Å². The molecule has 1 fully saturated rings. The normalized spacial score (nSPS) is 21.4. The Balaban J connectivity index is 1.51. The van der Waals surface area contributed by atoms with Gasteiger partial charge in [-0.2, -0.15) is 0 Å². The first kappa shape index (κ1) is 21.5. The molecule has 2 aliphatic rings. The maximum Gasteiger partial charge on any atom is 0.214 e. The summed E-state index contributed by atoms with van der Waals surface area (Å²) in [6.07, 6.45) is 7.02. The molecule has 0 radical (unpaired) electrons. The van der Waals surface area contributed by atoms with E-state index in [1.54, 1.807) is 6.07 Å². The molecule has 0 amide bonds. The molecular formula is C25H32FNO2S. The molecule has 2 aromatic carbocycles. The first-order valence-electron chi connectivity index (χ1n) is 11.3. The van der Waals surface area contributed by atoms with Crippen molar-refractivity contribution in [1.82, 2.24) is 4.72 Å². The van der Waals surface area contributed by atoms with E-state index >= 15 is 0 Å². The van der Waals surface area contributed by atoms with E-state index in [0.29, 0.717) is 23.8 Å². The molecule has 162 valence electrons. The van der Waals surface area contributed by atoms with Crippen LogP contribution in [0.2, 0.25) is 0 Å². The predicted octanol–water partition coefficient (Wildman–Crippen LogP) is 5.14. The van der Waals surface area contributed by atoms with Crippen molar-refractivity contribution in [3.05, 3.63) is 70.5 Å². The number of nitrogens with one attached hydrogen (secondary N) is 1. The maximum absolute atomic E-state index is 14.8. The molecule has 2 aromatic rings. The summed E-state index contributed by atoms with van der Waals surface area (Å²) in [7, 11) is -3.26. The highest BCUT2D eigenvalue weighted by molar-refractivity contribution is 7.90. The van der Waals surface area contributed by atoms with Gasteiger partial charge in [-0.3, -0.25) is 0 Å². The Labute approximate surface area is 180 Å². The van der Waals surface area contributed by atoms with Crippen molar-refractivity contribution in [3.63, 3.8) is 0 Å². The van der Waals surface area contributed by atoms with Gasteiger partial charge in [0.1, 0.15) is 5.82 Å². The molecule has 0 bridgehead atoms. The van der Waals surface area contributed by atoms with Crippen molar-refractivity contribution in [1.29, 1.82) is 0 Å². The molecule has 4 rings (SSSR count). The number of hydrogen-bond acceptors (Lipinski definition) is 2. The molecule has 3 nitrogen and oxygen atoms in total.